The third-order valence-electron chi connectivity index (χ3n) is 4.37. The number of hydrogen-bond donors (Lipinski definition) is 2. The van der Waals surface area contributed by atoms with Crippen LogP contribution in [0.4, 0.5) is 11.4 Å². The van der Waals surface area contributed by atoms with Crippen LogP contribution in [0.2, 0.25) is 0 Å². The summed E-state index contributed by atoms with van der Waals surface area (Å²) in [6.07, 6.45) is 0.616. The molecule has 1 saturated heterocycles. The molecule has 0 bridgehead atoms. The number of para-hydroxylation sites is 1. The Morgan fingerprint density at radius 2 is 2.00 bits per heavy atom. The number of nitrogens with two attached hydrogens (primary N) is 1. The fourth-order valence-corrected chi connectivity index (χ4v) is 3.03. The normalized spacial score (nSPS) is 16.6. The Hall–Kier alpha value is -3.33. The summed E-state index contributed by atoms with van der Waals surface area (Å²) in [5.41, 5.74) is 8.59. The molecule has 126 valence electrons. The van der Waals surface area contributed by atoms with Crippen LogP contribution in [0.15, 0.2) is 42.5 Å². The highest BCUT2D eigenvalue weighted by atomic mass is 16.2. The molecular formula is C19H18N4O2. The molecule has 6 heteroatoms. The molecule has 2 amide bonds. The molecule has 0 aliphatic carbocycles. The third kappa shape index (κ3) is 3.17. The van der Waals surface area contributed by atoms with E-state index in [0.717, 1.165) is 11.3 Å². The highest BCUT2D eigenvalue weighted by molar-refractivity contribution is 6.03. The van der Waals surface area contributed by atoms with Gasteiger partial charge < -0.3 is 16.0 Å². The number of carbonyl (C=O) groups excluding carboxylic acids is 2. The minimum absolute atomic E-state index is 0.0663. The van der Waals surface area contributed by atoms with Crippen molar-refractivity contribution in [2.75, 3.05) is 16.8 Å². The van der Waals surface area contributed by atoms with E-state index in [9.17, 15) is 9.59 Å². The standard InChI is InChI=1S/C19H18N4O2/c1-12-3-2-4-15(18(21)24)17(12)22-16-9-10-23(19(16)25)14-7-5-13(11-20)6-8-14/h2-8,16,22H,9-10H2,1H3,(H2,21,24). The number of hydrogen-bond acceptors (Lipinski definition) is 4. The SMILES string of the molecule is Cc1cccc(C(N)=O)c1NC1CCN(c2ccc(C#N)cc2)C1=O. The zero-order valence-corrected chi connectivity index (χ0v) is 13.8. The molecular weight excluding hydrogens is 316 g/mol. The smallest absolute Gasteiger partial charge is 0.250 e. The van der Waals surface area contributed by atoms with E-state index in [0.29, 0.717) is 29.8 Å². The summed E-state index contributed by atoms with van der Waals surface area (Å²) in [4.78, 5) is 26.1. The fourth-order valence-electron chi connectivity index (χ4n) is 3.03. The lowest BCUT2D eigenvalue weighted by atomic mass is 10.1. The predicted octanol–water partition coefficient (Wildman–Crippen LogP) is 2.18. The van der Waals surface area contributed by atoms with Crippen LogP contribution < -0.4 is 16.0 Å². The summed E-state index contributed by atoms with van der Waals surface area (Å²) in [5, 5.41) is 12.1. The van der Waals surface area contributed by atoms with Crippen LogP contribution in [-0.4, -0.2) is 24.4 Å². The molecule has 1 unspecified atom stereocenters. The van der Waals surface area contributed by atoms with Crippen molar-refractivity contribution in [1.82, 2.24) is 0 Å². The third-order valence-corrected chi connectivity index (χ3v) is 4.37. The summed E-state index contributed by atoms with van der Waals surface area (Å²) in [6.45, 7) is 2.44. The number of nitriles is 1. The average molecular weight is 334 g/mol. The average Bonchev–Trinajstić information content (AvgIpc) is 2.97. The Morgan fingerprint density at radius 3 is 2.64 bits per heavy atom. The maximum Gasteiger partial charge on any atom is 0.250 e. The van der Waals surface area contributed by atoms with E-state index in [-0.39, 0.29) is 5.91 Å². The van der Waals surface area contributed by atoms with E-state index in [1.165, 1.54) is 0 Å². The number of primary amides is 1. The van der Waals surface area contributed by atoms with Crippen LogP contribution in [0.25, 0.3) is 0 Å². The Kier molecular flexibility index (Phi) is 4.40. The number of rotatable bonds is 4. The summed E-state index contributed by atoms with van der Waals surface area (Å²) < 4.78 is 0. The summed E-state index contributed by atoms with van der Waals surface area (Å²) in [6, 6.07) is 13.8. The van der Waals surface area contributed by atoms with Crippen molar-refractivity contribution in [2.24, 2.45) is 5.73 Å². The molecule has 0 spiro atoms. The molecule has 1 aliphatic rings. The van der Waals surface area contributed by atoms with E-state index in [1.807, 2.05) is 13.0 Å². The molecule has 25 heavy (non-hydrogen) atoms. The van der Waals surface area contributed by atoms with Crippen LogP contribution in [0.5, 0.6) is 0 Å². The van der Waals surface area contributed by atoms with Crippen molar-refractivity contribution < 1.29 is 9.59 Å². The van der Waals surface area contributed by atoms with Crippen molar-refractivity contribution >= 4 is 23.2 Å². The molecule has 1 heterocycles. The van der Waals surface area contributed by atoms with Crippen molar-refractivity contribution in [3.05, 3.63) is 59.2 Å². The van der Waals surface area contributed by atoms with Crippen LogP contribution in [0.3, 0.4) is 0 Å². The topological polar surface area (TPSA) is 99.2 Å². The van der Waals surface area contributed by atoms with Gasteiger partial charge in [-0.2, -0.15) is 5.26 Å². The van der Waals surface area contributed by atoms with Gasteiger partial charge in [0.05, 0.1) is 22.9 Å². The summed E-state index contributed by atoms with van der Waals surface area (Å²) in [5.74, 6) is -0.594. The minimum Gasteiger partial charge on any atom is -0.373 e. The Bertz CT molecular complexity index is 868. The molecule has 6 nitrogen and oxygen atoms in total. The predicted molar refractivity (Wildman–Crippen MR) is 95.2 cm³/mol. The second-order valence-corrected chi connectivity index (χ2v) is 6.00. The first kappa shape index (κ1) is 16.5. The van der Waals surface area contributed by atoms with Gasteiger partial charge in [-0.15, -0.1) is 0 Å². The number of carbonyl (C=O) groups is 2. The number of amides is 2. The van der Waals surface area contributed by atoms with Crippen LogP contribution in [0, 0.1) is 18.3 Å². The monoisotopic (exact) mass is 334 g/mol. The largest absolute Gasteiger partial charge is 0.373 e. The molecule has 2 aromatic rings. The van der Waals surface area contributed by atoms with Crippen LogP contribution >= 0.6 is 0 Å². The molecule has 1 atom stereocenters. The molecule has 0 aromatic heterocycles. The van der Waals surface area contributed by atoms with E-state index in [4.69, 9.17) is 11.0 Å². The van der Waals surface area contributed by atoms with Crippen molar-refractivity contribution in [2.45, 2.75) is 19.4 Å². The van der Waals surface area contributed by atoms with E-state index >= 15 is 0 Å². The number of benzene rings is 2. The lowest BCUT2D eigenvalue weighted by Gasteiger charge is -2.19. The van der Waals surface area contributed by atoms with E-state index in [1.54, 1.807) is 41.3 Å². The van der Waals surface area contributed by atoms with Crippen molar-refractivity contribution in [3.8, 4) is 6.07 Å². The Balaban J connectivity index is 1.81. The first-order valence-corrected chi connectivity index (χ1v) is 7.98. The number of nitrogens with zero attached hydrogens (tertiary/aromatic N) is 2. The van der Waals surface area contributed by atoms with Gasteiger partial charge in [0, 0.05) is 12.2 Å². The van der Waals surface area contributed by atoms with Gasteiger partial charge in [-0.3, -0.25) is 9.59 Å². The van der Waals surface area contributed by atoms with Gasteiger partial charge in [0.2, 0.25) is 5.91 Å². The molecule has 0 saturated carbocycles. The fraction of sp³-hybridized carbons (Fsp3) is 0.211. The van der Waals surface area contributed by atoms with Crippen molar-refractivity contribution in [1.29, 1.82) is 5.26 Å². The molecule has 1 fully saturated rings. The molecule has 3 N–H and O–H groups in total. The Morgan fingerprint density at radius 1 is 1.28 bits per heavy atom. The van der Waals surface area contributed by atoms with Crippen molar-refractivity contribution in [3.63, 3.8) is 0 Å². The van der Waals surface area contributed by atoms with Gasteiger partial charge >= 0.3 is 0 Å². The molecule has 1 aliphatic heterocycles. The summed E-state index contributed by atoms with van der Waals surface area (Å²) in [7, 11) is 0. The molecule has 2 aromatic carbocycles. The van der Waals surface area contributed by atoms with Gasteiger partial charge in [0.25, 0.3) is 5.91 Å². The second kappa shape index (κ2) is 6.65. The zero-order chi connectivity index (χ0) is 18.0. The highest BCUT2D eigenvalue weighted by Crippen LogP contribution is 2.27. The van der Waals surface area contributed by atoms with E-state index in [2.05, 4.69) is 11.4 Å². The number of anilines is 2. The minimum atomic E-state index is -0.527. The van der Waals surface area contributed by atoms with Crippen LogP contribution in [0.1, 0.15) is 27.9 Å². The first-order valence-electron chi connectivity index (χ1n) is 7.98. The van der Waals surface area contributed by atoms with Gasteiger partial charge in [-0.05, 0) is 49.2 Å². The van der Waals surface area contributed by atoms with E-state index < -0.39 is 11.9 Å². The van der Waals surface area contributed by atoms with Gasteiger partial charge in [0.1, 0.15) is 6.04 Å². The lowest BCUT2D eigenvalue weighted by molar-refractivity contribution is -0.117. The highest BCUT2D eigenvalue weighted by Gasteiger charge is 2.33. The van der Waals surface area contributed by atoms with Gasteiger partial charge in [0.15, 0.2) is 0 Å². The number of nitrogens with one attached hydrogen (secondary N) is 1. The van der Waals surface area contributed by atoms with Gasteiger partial charge in [-0.1, -0.05) is 12.1 Å². The second-order valence-electron chi connectivity index (χ2n) is 6.00. The quantitative estimate of drug-likeness (QED) is 0.895. The maximum absolute atomic E-state index is 12.7. The first-order chi connectivity index (χ1) is 12.0. The zero-order valence-electron chi connectivity index (χ0n) is 13.8. The van der Waals surface area contributed by atoms with Crippen LogP contribution in [-0.2, 0) is 4.79 Å². The number of aryl methyl sites for hydroxylation is 1. The van der Waals surface area contributed by atoms with Gasteiger partial charge in [-0.25, -0.2) is 0 Å². The lowest BCUT2D eigenvalue weighted by Crippen LogP contribution is -2.34. The summed E-state index contributed by atoms with van der Waals surface area (Å²) >= 11 is 0. The molecule has 3 rings (SSSR count). The maximum atomic E-state index is 12.7. The molecule has 0 radical (unpaired) electrons. The Labute approximate surface area is 145 Å².